The molecule has 2 aromatic carbocycles. The maximum absolute atomic E-state index is 5.28. The molecule has 6 nitrogen and oxygen atoms in total. The number of rotatable bonds is 7. The van der Waals surface area contributed by atoms with Crippen LogP contribution in [-0.4, -0.2) is 28.6 Å². The molecule has 0 spiro atoms. The second-order valence-corrected chi connectivity index (χ2v) is 6.75. The third-order valence-electron chi connectivity index (χ3n) is 4.59. The molecular weight excluding hydrogens is 362 g/mol. The number of hydrogen-bond acceptors (Lipinski definition) is 6. The predicted octanol–water partition coefficient (Wildman–Crippen LogP) is 4.74. The molecule has 0 saturated carbocycles. The third-order valence-corrected chi connectivity index (χ3v) is 4.59. The Hall–Kier alpha value is -3.67. The first-order chi connectivity index (χ1) is 14.2. The molecule has 4 aromatic rings. The number of aromatic nitrogens is 3. The lowest BCUT2D eigenvalue weighted by atomic mass is 10.1. The van der Waals surface area contributed by atoms with Gasteiger partial charge in [-0.3, -0.25) is 4.98 Å². The maximum atomic E-state index is 5.28. The zero-order chi connectivity index (χ0) is 20.1. The molecule has 0 amide bonds. The van der Waals surface area contributed by atoms with Gasteiger partial charge in [-0.1, -0.05) is 30.3 Å². The van der Waals surface area contributed by atoms with Crippen molar-refractivity contribution in [2.75, 3.05) is 24.3 Å². The van der Waals surface area contributed by atoms with Gasteiger partial charge in [0.1, 0.15) is 11.6 Å². The number of methoxy groups -OCH3 is 1. The van der Waals surface area contributed by atoms with E-state index in [1.54, 1.807) is 13.3 Å². The van der Waals surface area contributed by atoms with Gasteiger partial charge in [-0.15, -0.1) is 0 Å². The minimum atomic E-state index is 0.548. The molecule has 4 rings (SSSR count). The van der Waals surface area contributed by atoms with Crippen LogP contribution in [0.5, 0.6) is 5.75 Å². The largest absolute Gasteiger partial charge is 0.497 e. The standard InChI is InChI=1S/C23H23N5O/c1-16-14-21(24-13-11-17-6-3-9-19(15-17)29-2)28-23(26-16)27-20-10-4-7-18-8-5-12-25-22(18)20/h3-10,12,14-15H,11,13H2,1-2H3,(H2,24,26,27,28). The average molecular weight is 385 g/mol. The van der Waals surface area contributed by atoms with E-state index in [9.17, 15) is 0 Å². The molecule has 146 valence electrons. The van der Waals surface area contributed by atoms with Crippen molar-refractivity contribution in [2.24, 2.45) is 0 Å². The molecule has 29 heavy (non-hydrogen) atoms. The molecule has 2 heterocycles. The average Bonchev–Trinajstić information content (AvgIpc) is 2.74. The normalized spacial score (nSPS) is 10.7. The van der Waals surface area contributed by atoms with Gasteiger partial charge >= 0.3 is 0 Å². The molecule has 2 aromatic heterocycles. The summed E-state index contributed by atoms with van der Waals surface area (Å²) in [6.45, 7) is 2.72. The minimum Gasteiger partial charge on any atom is -0.497 e. The zero-order valence-electron chi connectivity index (χ0n) is 16.5. The van der Waals surface area contributed by atoms with Crippen LogP contribution in [-0.2, 0) is 6.42 Å². The first-order valence-corrected chi connectivity index (χ1v) is 9.54. The number of fused-ring (bicyclic) bond motifs is 1. The molecule has 6 heteroatoms. The summed E-state index contributed by atoms with van der Waals surface area (Å²) in [5, 5.41) is 7.77. The van der Waals surface area contributed by atoms with Crippen LogP contribution >= 0.6 is 0 Å². The van der Waals surface area contributed by atoms with E-state index in [1.807, 2.05) is 61.5 Å². The molecular formula is C23H23N5O. The van der Waals surface area contributed by atoms with Gasteiger partial charge in [-0.25, -0.2) is 4.98 Å². The van der Waals surface area contributed by atoms with E-state index in [2.05, 4.69) is 31.7 Å². The highest BCUT2D eigenvalue weighted by molar-refractivity contribution is 5.91. The van der Waals surface area contributed by atoms with Gasteiger partial charge in [0.05, 0.1) is 18.3 Å². The van der Waals surface area contributed by atoms with Crippen molar-refractivity contribution < 1.29 is 4.74 Å². The van der Waals surface area contributed by atoms with Crippen molar-refractivity contribution >= 4 is 28.4 Å². The fraction of sp³-hybridized carbons (Fsp3) is 0.174. The fourth-order valence-electron chi connectivity index (χ4n) is 3.20. The fourth-order valence-corrected chi connectivity index (χ4v) is 3.20. The molecule has 2 N–H and O–H groups in total. The van der Waals surface area contributed by atoms with Gasteiger partial charge in [0.2, 0.25) is 5.95 Å². The maximum Gasteiger partial charge on any atom is 0.229 e. The van der Waals surface area contributed by atoms with Gasteiger partial charge in [-0.05, 0) is 43.2 Å². The summed E-state index contributed by atoms with van der Waals surface area (Å²) in [5.74, 6) is 2.21. The van der Waals surface area contributed by atoms with Crippen LogP contribution in [0.15, 0.2) is 66.9 Å². The second kappa shape index (κ2) is 8.56. The molecule has 0 bridgehead atoms. The van der Waals surface area contributed by atoms with E-state index in [-0.39, 0.29) is 0 Å². The number of para-hydroxylation sites is 1. The van der Waals surface area contributed by atoms with Crippen LogP contribution in [0.25, 0.3) is 10.9 Å². The SMILES string of the molecule is COc1cccc(CCNc2cc(C)nc(Nc3cccc4cccnc34)n2)c1. The molecule has 0 atom stereocenters. The van der Waals surface area contributed by atoms with Crippen molar-refractivity contribution in [1.82, 2.24) is 15.0 Å². The van der Waals surface area contributed by atoms with E-state index >= 15 is 0 Å². The Bertz CT molecular complexity index is 1120. The number of anilines is 3. The predicted molar refractivity (Wildman–Crippen MR) is 117 cm³/mol. The summed E-state index contributed by atoms with van der Waals surface area (Å²) in [6.07, 6.45) is 2.66. The number of hydrogen-bond donors (Lipinski definition) is 2. The van der Waals surface area contributed by atoms with Crippen LogP contribution in [0.3, 0.4) is 0 Å². The zero-order valence-corrected chi connectivity index (χ0v) is 16.5. The van der Waals surface area contributed by atoms with E-state index in [0.29, 0.717) is 5.95 Å². The van der Waals surface area contributed by atoms with Crippen LogP contribution in [0.4, 0.5) is 17.5 Å². The lowest BCUT2D eigenvalue weighted by molar-refractivity contribution is 0.414. The first kappa shape index (κ1) is 18.7. The Morgan fingerprint density at radius 2 is 1.83 bits per heavy atom. The van der Waals surface area contributed by atoms with Crippen molar-refractivity contribution in [3.63, 3.8) is 0 Å². The summed E-state index contributed by atoms with van der Waals surface area (Å²) in [5.41, 5.74) is 3.88. The summed E-state index contributed by atoms with van der Waals surface area (Å²) in [4.78, 5) is 13.6. The van der Waals surface area contributed by atoms with Crippen LogP contribution < -0.4 is 15.4 Å². The number of ether oxygens (including phenoxy) is 1. The Kier molecular flexibility index (Phi) is 5.52. The molecule has 0 aliphatic carbocycles. The number of nitrogens with one attached hydrogen (secondary N) is 2. The Labute approximate surface area is 170 Å². The highest BCUT2D eigenvalue weighted by Crippen LogP contribution is 2.23. The quantitative estimate of drug-likeness (QED) is 0.479. The van der Waals surface area contributed by atoms with E-state index in [4.69, 9.17) is 4.74 Å². The van der Waals surface area contributed by atoms with Gasteiger partial charge < -0.3 is 15.4 Å². The summed E-state index contributed by atoms with van der Waals surface area (Å²) in [7, 11) is 1.68. The molecule has 0 fully saturated rings. The lowest BCUT2D eigenvalue weighted by Crippen LogP contribution is -2.09. The first-order valence-electron chi connectivity index (χ1n) is 9.54. The summed E-state index contributed by atoms with van der Waals surface area (Å²) in [6, 6.07) is 20.0. The van der Waals surface area contributed by atoms with Gasteiger partial charge in [-0.2, -0.15) is 4.98 Å². The Morgan fingerprint density at radius 3 is 2.72 bits per heavy atom. The lowest BCUT2D eigenvalue weighted by Gasteiger charge is -2.11. The van der Waals surface area contributed by atoms with Crippen LogP contribution in [0, 0.1) is 6.92 Å². The third kappa shape index (κ3) is 4.60. The number of benzene rings is 2. The monoisotopic (exact) mass is 385 g/mol. The van der Waals surface area contributed by atoms with Gasteiger partial charge in [0.15, 0.2) is 0 Å². The van der Waals surface area contributed by atoms with Crippen molar-refractivity contribution in [3.8, 4) is 5.75 Å². The summed E-state index contributed by atoms with van der Waals surface area (Å²) < 4.78 is 5.28. The minimum absolute atomic E-state index is 0.548. The highest BCUT2D eigenvalue weighted by Gasteiger charge is 2.06. The number of pyridine rings is 1. The van der Waals surface area contributed by atoms with E-state index in [1.165, 1.54) is 5.56 Å². The second-order valence-electron chi connectivity index (χ2n) is 6.75. The van der Waals surface area contributed by atoms with E-state index in [0.717, 1.165) is 46.8 Å². The number of aryl methyl sites for hydroxylation is 1. The van der Waals surface area contributed by atoms with Crippen LogP contribution in [0.1, 0.15) is 11.3 Å². The van der Waals surface area contributed by atoms with Crippen molar-refractivity contribution in [2.45, 2.75) is 13.3 Å². The topological polar surface area (TPSA) is 72.0 Å². The molecule has 0 aliphatic heterocycles. The van der Waals surface area contributed by atoms with Gasteiger partial charge in [0.25, 0.3) is 0 Å². The molecule has 0 saturated heterocycles. The molecule has 0 aliphatic rings. The summed E-state index contributed by atoms with van der Waals surface area (Å²) >= 11 is 0. The molecule has 0 unspecified atom stereocenters. The van der Waals surface area contributed by atoms with E-state index < -0.39 is 0 Å². The van der Waals surface area contributed by atoms with Crippen molar-refractivity contribution in [3.05, 3.63) is 78.1 Å². The van der Waals surface area contributed by atoms with Gasteiger partial charge in [0, 0.05) is 29.9 Å². The Balaban J connectivity index is 1.47. The molecule has 0 radical (unpaired) electrons. The van der Waals surface area contributed by atoms with Crippen LogP contribution in [0.2, 0.25) is 0 Å². The Morgan fingerprint density at radius 1 is 0.966 bits per heavy atom. The number of nitrogens with zero attached hydrogens (tertiary/aromatic N) is 3. The smallest absolute Gasteiger partial charge is 0.229 e. The highest BCUT2D eigenvalue weighted by atomic mass is 16.5. The van der Waals surface area contributed by atoms with Crippen molar-refractivity contribution in [1.29, 1.82) is 0 Å².